The Labute approximate surface area is 111 Å². The largest absolute Gasteiger partial charge is 0.496 e. The van der Waals surface area contributed by atoms with Crippen LogP contribution in [-0.4, -0.2) is 13.7 Å². The number of ether oxygens (including phenoxy) is 1. The number of nitrogens with one attached hydrogen (secondary N) is 1. The molecule has 1 aromatic rings. The third-order valence-electron chi connectivity index (χ3n) is 4.00. The molecular formula is C16H25NO. The molecule has 1 aliphatic carbocycles. The molecule has 0 saturated heterocycles. The van der Waals surface area contributed by atoms with Gasteiger partial charge in [0.05, 0.1) is 7.11 Å². The molecule has 0 spiro atoms. The molecule has 100 valence electrons. The smallest absolute Gasteiger partial charge is 0.126 e. The van der Waals surface area contributed by atoms with Crippen molar-refractivity contribution in [2.24, 2.45) is 5.92 Å². The van der Waals surface area contributed by atoms with E-state index in [1.54, 1.807) is 7.11 Å². The van der Waals surface area contributed by atoms with Crippen LogP contribution in [0.5, 0.6) is 5.75 Å². The molecule has 0 heterocycles. The Morgan fingerprint density at radius 3 is 2.61 bits per heavy atom. The number of methoxy groups -OCH3 is 1. The number of benzene rings is 1. The molecule has 1 atom stereocenters. The lowest BCUT2D eigenvalue weighted by atomic mass is 9.95. The van der Waals surface area contributed by atoms with E-state index in [1.807, 2.05) is 0 Å². The molecule has 1 aliphatic rings. The first kappa shape index (κ1) is 13.4. The molecule has 1 N–H and O–H groups in total. The molecule has 1 aromatic carbocycles. The fourth-order valence-corrected chi connectivity index (χ4v) is 2.61. The van der Waals surface area contributed by atoms with E-state index in [4.69, 9.17) is 4.74 Å². The van der Waals surface area contributed by atoms with E-state index in [1.165, 1.54) is 36.0 Å². The average molecular weight is 247 g/mol. The fraction of sp³-hybridized carbons (Fsp3) is 0.625. The van der Waals surface area contributed by atoms with Gasteiger partial charge in [0.25, 0.3) is 0 Å². The number of hydrogen-bond acceptors (Lipinski definition) is 2. The summed E-state index contributed by atoms with van der Waals surface area (Å²) in [5.41, 5.74) is 3.90. The summed E-state index contributed by atoms with van der Waals surface area (Å²) in [5, 5.41) is 3.61. The van der Waals surface area contributed by atoms with Crippen molar-refractivity contribution in [3.63, 3.8) is 0 Å². The molecular weight excluding hydrogens is 222 g/mol. The summed E-state index contributed by atoms with van der Waals surface area (Å²) < 4.78 is 5.65. The summed E-state index contributed by atoms with van der Waals surface area (Å²) in [7, 11) is 1.78. The summed E-state index contributed by atoms with van der Waals surface area (Å²) >= 11 is 0. The molecule has 0 radical (unpaired) electrons. The minimum atomic E-state index is 0.441. The van der Waals surface area contributed by atoms with Crippen LogP contribution in [0.25, 0.3) is 0 Å². The van der Waals surface area contributed by atoms with Crippen LogP contribution in [0.1, 0.15) is 48.9 Å². The highest BCUT2D eigenvalue weighted by molar-refractivity contribution is 5.46. The molecule has 18 heavy (non-hydrogen) atoms. The molecule has 2 nitrogen and oxygen atoms in total. The van der Waals surface area contributed by atoms with E-state index >= 15 is 0 Å². The summed E-state index contributed by atoms with van der Waals surface area (Å²) in [6.45, 7) is 7.48. The molecule has 0 bridgehead atoms. The summed E-state index contributed by atoms with van der Waals surface area (Å²) in [6, 6.07) is 4.89. The monoisotopic (exact) mass is 247 g/mol. The maximum atomic E-state index is 5.65. The van der Waals surface area contributed by atoms with Crippen LogP contribution in [0.15, 0.2) is 12.1 Å². The van der Waals surface area contributed by atoms with Crippen molar-refractivity contribution in [2.45, 2.75) is 46.1 Å². The van der Waals surface area contributed by atoms with Gasteiger partial charge >= 0.3 is 0 Å². The lowest BCUT2D eigenvalue weighted by molar-refractivity contribution is 0.389. The predicted octanol–water partition coefficient (Wildman–Crippen LogP) is 3.76. The minimum Gasteiger partial charge on any atom is -0.496 e. The maximum absolute atomic E-state index is 5.65. The highest BCUT2D eigenvalue weighted by Crippen LogP contribution is 2.40. The van der Waals surface area contributed by atoms with Crippen LogP contribution < -0.4 is 10.1 Å². The highest BCUT2D eigenvalue weighted by atomic mass is 16.5. The summed E-state index contributed by atoms with van der Waals surface area (Å²) in [6.07, 6.45) is 4.04. The number of aryl methyl sites for hydroxylation is 1. The first-order valence-electron chi connectivity index (χ1n) is 7.04. The van der Waals surface area contributed by atoms with Crippen molar-refractivity contribution < 1.29 is 4.74 Å². The van der Waals surface area contributed by atoms with Crippen LogP contribution in [0.2, 0.25) is 0 Å². The van der Waals surface area contributed by atoms with Crippen molar-refractivity contribution in [3.8, 4) is 5.75 Å². The van der Waals surface area contributed by atoms with Gasteiger partial charge in [0.2, 0.25) is 0 Å². The molecule has 2 rings (SSSR count). The second kappa shape index (κ2) is 5.75. The van der Waals surface area contributed by atoms with Gasteiger partial charge in [-0.3, -0.25) is 0 Å². The van der Waals surface area contributed by atoms with E-state index < -0.39 is 0 Å². The fourth-order valence-electron chi connectivity index (χ4n) is 2.61. The molecule has 0 aliphatic heterocycles. The quantitative estimate of drug-likeness (QED) is 0.826. The molecule has 0 aromatic heterocycles. The van der Waals surface area contributed by atoms with Crippen LogP contribution in [0, 0.1) is 19.8 Å². The van der Waals surface area contributed by atoms with Gasteiger partial charge < -0.3 is 10.1 Å². The van der Waals surface area contributed by atoms with Gasteiger partial charge in [0, 0.05) is 11.6 Å². The van der Waals surface area contributed by atoms with E-state index in [2.05, 4.69) is 38.2 Å². The number of rotatable bonds is 6. The molecule has 1 fully saturated rings. The van der Waals surface area contributed by atoms with E-state index in [0.29, 0.717) is 6.04 Å². The normalized spacial score (nSPS) is 16.7. The van der Waals surface area contributed by atoms with Crippen molar-refractivity contribution in [1.29, 1.82) is 0 Å². The summed E-state index contributed by atoms with van der Waals surface area (Å²) in [5.74, 6) is 1.99. The first-order valence-corrected chi connectivity index (χ1v) is 7.04. The van der Waals surface area contributed by atoms with E-state index in [-0.39, 0.29) is 0 Å². The Balaban J connectivity index is 2.29. The second-order valence-electron chi connectivity index (χ2n) is 5.42. The first-order chi connectivity index (χ1) is 8.67. The van der Waals surface area contributed by atoms with Crippen LogP contribution in [0.4, 0.5) is 0 Å². The molecule has 1 saturated carbocycles. The van der Waals surface area contributed by atoms with Gasteiger partial charge in [-0.05, 0) is 43.9 Å². The third-order valence-corrected chi connectivity index (χ3v) is 4.00. The van der Waals surface area contributed by atoms with Crippen molar-refractivity contribution in [3.05, 3.63) is 28.8 Å². The predicted molar refractivity (Wildman–Crippen MR) is 76.2 cm³/mol. The van der Waals surface area contributed by atoms with Gasteiger partial charge in [-0.2, -0.15) is 0 Å². The standard InChI is InChI=1S/C16H25NO/c1-5-17-15(10-13-7-8-13)14-9-6-11(2)12(3)16(14)18-4/h6,9,13,15,17H,5,7-8,10H2,1-4H3. The highest BCUT2D eigenvalue weighted by Gasteiger charge is 2.27. The Hall–Kier alpha value is -1.02. The van der Waals surface area contributed by atoms with E-state index in [0.717, 1.165) is 18.2 Å². The van der Waals surface area contributed by atoms with Crippen LogP contribution >= 0.6 is 0 Å². The zero-order valence-electron chi connectivity index (χ0n) is 12.0. The van der Waals surface area contributed by atoms with Gasteiger partial charge in [0.15, 0.2) is 0 Å². The zero-order chi connectivity index (χ0) is 13.1. The Kier molecular flexibility index (Phi) is 4.28. The maximum Gasteiger partial charge on any atom is 0.126 e. The Morgan fingerprint density at radius 1 is 1.33 bits per heavy atom. The molecule has 0 amide bonds. The van der Waals surface area contributed by atoms with Crippen molar-refractivity contribution in [2.75, 3.05) is 13.7 Å². The number of hydrogen-bond donors (Lipinski definition) is 1. The Morgan fingerprint density at radius 2 is 2.06 bits per heavy atom. The minimum absolute atomic E-state index is 0.441. The van der Waals surface area contributed by atoms with Crippen LogP contribution in [-0.2, 0) is 0 Å². The van der Waals surface area contributed by atoms with E-state index in [9.17, 15) is 0 Å². The topological polar surface area (TPSA) is 21.3 Å². The van der Waals surface area contributed by atoms with Gasteiger partial charge in [-0.25, -0.2) is 0 Å². The van der Waals surface area contributed by atoms with Crippen LogP contribution in [0.3, 0.4) is 0 Å². The van der Waals surface area contributed by atoms with Crippen molar-refractivity contribution >= 4 is 0 Å². The molecule has 2 heteroatoms. The zero-order valence-corrected chi connectivity index (χ0v) is 12.0. The van der Waals surface area contributed by atoms with Gasteiger partial charge in [-0.1, -0.05) is 31.9 Å². The lowest BCUT2D eigenvalue weighted by Gasteiger charge is -2.22. The van der Waals surface area contributed by atoms with Gasteiger partial charge in [0.1, 0.15) is 5.75 Å². The lowest BCUT2D eigenvalue weighted by Crippen LogP contribution is -2.22. The van der Waals surface area contributed by atoms with Gasteiger partial charge in [-0.15, -0.1) is 0 Å². The SMILES string of the molecule is CCNC(CC1CC1)c1ccc(C)c(C)c1OC. The second-order valence-corrected chi connectivity index (χ2v) is 5.42. The average Bonchev–Trinajstić information content (AvgIpc) is 3.16. The Bertz CT molecular complexity index is 410. The summed E-state index contributed by atoms with van der Waals surface area (Å²) in [4.78, 5) is 0. The van der Waals surface area contributed by atoms with Crippen molar-refractivity contribution in [1.82, 2.24) is 5.32 Å². The molecule has 1 unspecified atom stereocenters. The third kappa shape index (κ3) is 2.86.